The van der Waals surface area contributed by atoms with Gasteiger partial charge >= 0.3 is 0 Å². The lowest BCUT2D eigenvalue weighted by Gasteiger charge is -2.35. The molecule has 2 N–H and O–H groups in total. The number of hydrogen-bond donors (Lipinski definition) is 2. The molecule has 0 unspecified atom stereocenters. The van der Waals surface area contributed by atoms with Crippen LogP contribution in [0.2, 0.25) is 10.0 Å². The van der Waals surface area contributed by atoms with Crippen molar-refractivity contribution in [1.29, 1.82) is 0 Å². The molecule has 1 aromatic carbocycles. The summed E-state index contributed by atoms with van der Waals surface area (Å²) in [5, 5.41) is 6.88. The zero-order valence-electron chi connectivity index (χ0n) is 23.6. The number of carbonyl (C=O) groups is 3. The van der Waals surface area contributed by atoms with Gasteiger partial charge in [-0.3, -0.25) is 14.4 Å². The van der Waals surface area contributed by atoms with Crippen molar-refractivity contribution in [2.24, 2.45) is 17.8 Å². The van der Waals surface area contributed by atoms with Gasteiger partial charge < -0.3 is 25.2 Å². The first-order valence-electron chi connectivity index (χ1n) is 15.2. The maximum Gasteiger partial charge on any atom is 0.246 e. The quantitative estimate of drug-likeness (QED) is 0.423. The van der Waals surface area contributed by atoms with Gasteiger partial charge in [0.2, 0.25) is 17.7 Å². The predicted octanol–water partition coefficient (Wildman–Crippen LogP) is 4.65. The normalized spacial score (nSPS) is 32.0. The molecule has 41 heavy (non-hydrogen) atoms. The number of benzene rings is 1. The first-order valence-corrected chi connectivity index (χ1v) is 16.0. The Kier molecular flexibility index (Phi) is 8.38. The van der Waals surface area contributed by atoms with E-state index < -0.39 is 29.6 Å². The molecular weight excluding hydrogens is 563 g/mol. The molecule has 0 aromatic heterocycles. The Labute approximate surface area is 252 Å². The fourth-order valence-corrected chi connectivity index (χ4v) is 7.88. The van der Waals surface area contributed by atoms with Crippen molar-refractivity contribution in [2.45, 2.75) is 82.1 Å². The molecule has 3 amide bonds. The average Bonchev–Trinajstić information content (AvgIpc) is 3.60. The number of halogens is 2. The Bertz CT molecular complexity index is 1210. The minimum atomic E-state index is -1.15. The van der Waals surface area contributed by atoms with E-state index in [1.165, 1.54) is 19.3 Å². The van der Waals surface area contributed by atoms with Crippen molar-refractivity contribution in [3.05, 3.63) is 40.4 Å². The number of nitrogens with one attached hydrogen (secondary N) is 2. The number of hydrogen-bond acceptors (Lipinski definition) is 5. The number of carbonyl (C=O) groups excluding carboxylic acids is 3. The van der Waals surface area contributed by atoms with Crippen LogP contribution in [0.15, 0.2) is 30.4 Å². The maximum absolute atomic E-state index is 14.2. The van der Waals surface area contributed by atoms with Crippen molar-refractivity contribution < 1.29 is 19.1 Å². The average molecular weight is 604 g/mol. The van der Waals surface area contributed by atoms with Crippen molar-refractivity contribution in [3.8, 4) is 0 Å². The van der Waals surface area contributed by atoms with Gasteiger partial charge in [0.25, 0.3) is 0 Å². The van der Waals surface area contributed by atoms with Crippen molar-refractivity contribution >= 4 is 46.6 Å². The number of piperidine rings is 1. The van der Waals surface area contributed by atoms with Crippen LogP contribution in [0, 0.1) is 17.8 Å². The Morgan fingerprint density at radius 1 is 1.02 bits per heavy atom. The van der Waals surface area contributed by atoms with Gasteiger partial charge in [-0.25, -0.2) is 0 Å². The Morgan fingerprint density at radius 3 is 2.51 bits per heavy atom. The largest absolute Gasteiger partial charge is 0.359 e. The van der Waals surface area contributed by atoms with E-state index in [-0.39, 0.29) is 23.8 Å². The van der Waals surface area contributed by atoms with Gasteiger partial charge in [-0.2, -0.15) is 0 Å². The third kappa shape index (κ3) is 5.53. The number of nitrogens with zero attached hydrogens (tertiary/aromatic N) is 2. The number of likely N-dealkylation sites (tertiary alicyclic amines) is 2. The second-order valence-corrected chi connectivity index (χ2v) is 13.4. The van der Waals surface area contributed by atoms with Crippen LogP contribution in [0.1, 0.15) is 58.3 Å². The van der Waals surface area contributed by atoms with Crippen LogP contribution in [0.5, 0.6) is 0 Å². The molecule has 0 radical (unpaired) electrons. The van der Waals surface area contributed by atoms with Gasteiger partial charge in [0.05, 0.1) is 28.0 Å². The Balaban J connectivity index is 1.23. The minimum Gasteiger partial charge on any atom is -0.359 e. The lowest BCUT2D eigenvalue weighted by molar-refractivity contribution is -0.141. The summed E-state index contributed by atoms with van der Waals surface area (Å²) >= 11 is 12.2. The SMILES string of the molecule is CC1CCN(CCCN2C(=O)[C@@H]3[C@H](C(=O)Nc4ccc(Cl)c(Cl)c4)[C@@H]4C=C[C@@]3(O4)[C@@H]2C(=O)NC2CCCCC2)CC1. The number of ether oxygens (including phenoxy) is 1. The monoisotopic (exact) mass is 602 g/mol. The van der Waals surface area contributed by atoms with E-state index in [0.29, 0.717) is 22.3 Å². The summed E-state index contributed by atoms with van der Waals surface area (Å²) in [6.07, 6.45) is 11.6. The van der Waals surface area contributed by atoms with Gasteiger partial charge in [-0.15, -0.1) is 0 Å². The molecule has 6 rings (SSSR count). The summed E-state index contributed by atoms with van der Waals surface area (Å²) in [6, 6.07) is 4.19. The zero-order chi connectivity index (χ0) is 28.7. The van der Waals surface area contributed by atoms with Gasteiger partial charge in [0, 0.05) is 18.3 Å². The van der Waals surface area contributed by atoms with Crippen LogP contribution in [-0.2, 0) is 19.1 Å². The van der Waals surface area contributed by atoms with E-state index >= 15 is 0 Å². The fraction of sp³-hybridized carbons (Fsp3) is 0.645. The topological polar surface area (TPSA) is 91.0 Å². The van der Waals surface area contributed by atoms with Crippen LogP contribution in [0.3, 0.4) is 0 Å². The molecule has 5 aliphatic rings. The predicted molar refractivity (Wildman–Crippen MR) is 159 cm³/mol. The molecule has 8 nitrogen and oxygen atoms in total. The van der Waals surface area contributed by atoms with Gasteiger partial charge in [0.15, 0.2) is 0 Å². The number of amides is 3. The fourth-order valence-electron chi connectivity index (χ4n) is 7.58. The molecule has 3 saturated heterocycles. The molecular formula is C31H40Cl2N4O4. The van der Waals surface area contributed by atoms with E-state index in [2.05, 4.69) is 22.5 Å². The molecule has 4 heterocycles. The second kappa shape index (κ2) is 11.9. The van der Waals surface area contributed by atoms with E-state index in [0.717, 1.165) is 57.7 Å². The first-order chi connectivity index (χ1) is 19.8. The highest BCUT2D eigenvalue weighted by Gasteiger charge is 2.72. The van der Waals surface area contributed by atoms with E-state index in [4.69, 9.17) is 27.9 Å². The zero-order valence-corrected chi connectivity index (χ0v) is 25.1. The summed E-state index contributed by atoms with van der Waals surface area (Å²) in [5.41, 5.74) is -0.657. The lowest BCUT2D eigenvalue weighted by Crippen LogP contribution is -2.56. The van der Waals surface area contributed by atoms with Crippen molar-refractivity contribution in [2.75, 3.05) is 31.5 Å². The second-order valence-electron chi connectivity index (χ2n) is 12.6. The highest BCUT2D eigenvalue weighted by atomic mass is 35.5. The third-order valence-electron chi connectivity index (χ3n) is 9.81. The molecule has 2 bridgehead atoms. The Hall–Kier alpha value is -2.13. The van der Waals surface area contributed by atoms with Gasteiger partial charge in [-0.1, -0.05) is 61.5 Å². The van der Waals surface area contributed by atoms with Crippen molar-refractivity contribution in [1.82, 2.24) is 15.1 Å². The van der Waals surface area contributed by atoms with Crippen LogP contribution >= 0.6 is 23.2 Å². The van der Waals surface area contributed by atoms with E-state index in [1.54, 1.807) is 23.1 Å². The number of anilines is 1. The van der Waals surface area contributed by atoms with Crippen LogP contribution in [0.4, 0.5) is 5.69 Å². The third-order valence-corrected chi connectivity index (χ3v) is 10.6. The minimum absolute atomic E-state index is 0.107. The molecule has 4 fully saturated rings. The maximum atomic E-state index is 14.2. The Morgan fingerprint density at radius 2 is 1.78 bits per heavy atom. The number of rotatable bonds is 8. The van der Waals surface area contributed by atoms with Gasteiger partial charge in [-0.05, 0) is 75.9 Å². The molecule has 1 aliphatic carbocycles. The summed E-state index contributed by atoms with van der Waals surface area (Å²) < 4.78 is 6.48. The van der Waals surface area contributed by atoms with Crippen LogP contribution < -0.4 is 10.6 Å². The molecule has 1 aromatic rings. The summed E-state index contributed by atoms with van der Waals surface area (Å²) in [5.74, 6) is -1.44. The standard InChI is InChI=1S/C31H40Cl2N4O4/c1-19-11-16-36(17-12-19)14-5-15-37-27(29(39)34-20-6-3-2-4-7-20)31-13-10-24(41-31)25(26(31)30(37)40)28(38)35-21-8-9-22(32)23(33)18-21/h8-10,13,18-20,24-27H,2-7,11-12,14-17H2,1H3,(H,34,39)(H,35,38)/t24-,25+,26-,27-,31-/m0/s1. The summed E-state index contributed by atoms with van der Waals surface area (Å²) in [4.78, 5) is 46.0. The van der Waals surface area contributed by atoms with Crippen LogP contribution in [-0.4, -0.2) is 77.5 Å². The lowest BCUT2D eigenvalue weighted by atomic mass is 9.74. The van der Waals surface area contributed by atoms with E-state index in [1.807, 2.05) is 12.2 Å². The molecule has 1 spiro atoms. The molecule has 4 aliphatic heterocycles. The molecule has 222 valence electrons. The molecule has 10 heteroatoms. The highest BCUT2D eigenvalue weighted by Crippen LogP contribution is 2.55. The van der Waals surface area contributed by atoms with Crippen LogP contribution in [0.25, 0.3) is 0 Å². The van der Waals surface area contributed by atoms with Crippen molar-refractivity contribution in [3.63, 3.8) is 0 Å². The smallest absolute Gasteiger partial charge is 0.246 e. The van der Waals surface area contributed by atoms with Gasteiger partial charge in [0.1, 0.15) is 11.6 Å². The summed E-state index contributed by atoms with van der Waals surface area (Å²) in [7, 11) is 0. The summed E-state index contributed by atoms with van der Waals surface area (Å²) in [6.45, 7) is 5.76. The first kappa shape index (κ1) is 29.0. The molecule has 5 atom stereocenters. The highest BCUT2D eigenvalue weighted by molar-refractivity contribution is 6.42. The number of fused-ring (bicyclic) bond motifs is 1. The molecule has 1 saturated carbocycles. The van der Waals surface area contributed by atoms with E-state index in [9.17, 15) is 14.4 Å².